The second kappa shape index (κ2) is 13.5. The lowest BCUT2D eigenvalue weighted by Crippen LogP contribution is -2.07. The number of rotatable bonds is 15. The Morgan fingerprint density at radius 2 is 1.64 bits per heavy atom. The smallest absolute Gasteiger partial charge is 0.272 e. The van der Waals surface area contributed by atoms with Gasteiger partial charge in [0.1, 0.15) is 12.4 Å². The first-order chi connectivity index (χ1) is 16.2. The van der Waals surface area contributed by atoms with Gasteiger partial charge in [-0.15, -0.1) is 0 Å². The van der Waals surface area contributed by atoms with Crippen molar-refractivity contribution in [1.29, 1.82) is 0 Å². The third-order valence-corrected chi connectivity index (χ3v) is 5.79. The van der Waals surface area contributed by atoms with Crippen LogP contribution >= 0.6 is 0 Å². The number of azide groups is 1. The maximum atomic E-state index is 12.6. The molecule has 0 saturated carbocycles. The van der Waals surface area contributed by atoms with Gasteiger partial charge in [-0.05, 0) is 54.6 Å². The van der Waals surface area contributed by atoms with Gasteiger partial charge in [-0.25, -0.2) is 8.78 Å². The molecule has 1 N–H and O–H groups in total. The molecule has 1 aromatic heterocycles. The largest absolute Gasteiger partial charge is 0.488 e. The Labute approximate surface area is 193 Å². The van der Waals surface area contributed by atoms with Crippen LogP contribution in [0.2, 0.25) is 0 Å². The van der Waals surface area contributed by atoms with Gasteiger partial charge in [-0.3, -0.25) is 0 Å². The molecule has 5 nitrogen and oxygen atoms in total. The van der Waals surface area contributed by atoms with Crippen LogP contribution < -0.4 is 4.74 Å². The zero-order chi connectivity index (χ0) is 23.3. The van der Waals surface area contributed by atoms with Crippen molar-refractivity contribution in [1.82, 2.24) is 4.98 Å². The fourth-order valence-corrected chi connectivity index (χ4v) is 4.10. The standard InChI is InChI=1S/C26H32F2N4O/c27-26(28)19-33-22-15-14-20(11-7-5-3-1-2-4-6-10-16-30-32-29)23(18-22)25-17-21-12-8-9-13-24(21)31-25/h8-9,12-15,17-18,26,31H,1-7,10-11,16,19H2. The monoisotopic (exact) mass is 454 g/mol. The van der Waals surface area contributed by atoms with Gasteiger partial charge in [0.25, 0.3) is 6.43 Å². The van der Waals surface area contributed by atoms with Crippen LogP contribution in [0.15, 0.2) is 53.6 Å². The van der Waals surface area contributed by atoms with E-state index in [1.807, 2.05) is 30.3 Å². The van der Waals surface area contributed by atoms with E-state index in [9.17, 15) is 8.78 Å². The first-order valence-electron chi connectivity index (χ1n) is 11.8. The van der Waals surface area contributed by atoms with Gasteiger partial charge in [0.15, 0.2) is 0 Å². The number of para-hydroxylation sites is 1. The number of H-pyrrole nitrogens is 1. The number of hydrogen-bond acceptors (Lipinski definition) is 2. The number of benzene rings is 2. The second-order valence-electron chi connectivity index (χ2n) is 8.32. The van der Waals surface area contributed by atoms with E-state index >= 15 is 0 Å². The molecule has 2 aromatic carbocycles. The number of aromatic nitrogens is 1. The molecule has 3 rings (SSSR count). The van der Waals surface area contributed by atoms with Crippen molar-refractivity contribution in [2.75, 3.05) is 13.2 Å². The van der Waals surface area contributed by atoms with E-state index in [1.54, 1.807) is 6.07 Å². The fraction of sp³-hybridized carbons (Fsp3) is 0.462. The molecule has 0 radical (unpaired) electrons. The van der Waals surface area contributed by atoms with Crippen LogP contribution in [0.3, 0.4) is 0 Å². The first-order valence-corrected chi connectivity index (χ1v) is 11.8. The Bertz CT molecular complexity index is 1010. The molecular formula is C26H32F2N4O. The van der Waals surface area contributed by atoms with E-state index < -0.39 is 13.0 Å². The minimum atomic E-state index is -2.49. The van der Waals surface area contributed by atoms with Crippen LogP contribution in [0.5, 0.6) is 5.75 Å². The molecule has 0 aliphatic heterocycles. The molecule has 33 heavy (non-hydrogen) atoms. The highest BCUT2D eigenvalue weighted by atomic mass is 19.3. The Balaban J connectivity index is 1.55. The third kappa shape index (κ3) is 8.10. The minimum absolute atomic E-state index is 0.466. The van der Waals surface area contributed by atoms with Crippen LogP contribution in [0.1, 0.15) is 56.9 Å². The van der Waals surface area contributed by atoms with Crippen LogP contribution in [0.4, 0.5) is 8.78 Å². The molecule has 0 spiro atoms. The van der Waals surface area contributed by atoms with Crippen molar-refractivity contribution < 1.29 is 13.5 Å². The molecular weight excluding hydrogens is 422 g/mol. The van der Waals surface area contributed by atoms with Crippen molar-refractivity contribution in [3.63, 3.8) is 0 Å². The van der Waals surface area contributed by atoms with Crippen molar-refractivity contribution in [2.24, 2.45) is 5.11 Å². The molecule has 3 aromatic rings. The molecule has 0 aliphatic carbocycles. The number of nitrogens with zero attached hydrogens (tertiary/aromatic N) is 3. The molecule has 0 saturated heterocycles. The summed E-state index contributed by atoms with van der Waals surface area (Å²) in [6.07, 6.45) is 7.60. The number of aryl methyl sites for hydroxylation is 1. The van der Waals surface area contributed by atoms with Gasteiger partial charge in [-0.1, -0.05) is 67.9 Å². The number of unbranched alkanes of at least 4 members (excludes halogenated alkanes) is 7. The highest BCUT2D eigenvalue weighted by molar-refractivity contribution is 5.86. The summed E-state index contributed by atoms with van der Waals surface area (Å²) in [6, 6.07) is 15.9. The van der Waals surface area contributed by atoms with Crippen molar-refractivity contribution in [3.05, 3.63) is 64.5 Å². The van der Waals surface area contributed by atoms with Crippen molar-refractivity contribution >= 4 is 10.9 Å². The van der Waals surface area contributed by atoms with E-state index in [0.717, 1.165) is 54.3 Å². The lowest BCUT2D eigenvalue weighted by Gasteiger charge is -2.12. The average Bonchev–Trinajstić information content (AvgIpc) is 3.26. The normalized spacial score (nSPS) is 11.1. The number of fused-ring (bicyclic) bond motifs is 1. The Morgan fingerprint density at radius 1 is 0.909 bits per heavy atom. The summed E-state index contributed by atoms with van der Waals surface area (Å²) in [5, 5.41) is 4.68. The van der Waals surface area contributed by atoms with Gasteiger partial charge in [0.05, 0.1) is 0 Å². The highest BCUT2D eigenvalue weighted by Gasteiger charge is 2.12. The quantitative estimate of drug-likeness (QED) is 0.106. The topological polar surface area (TPSA) is 73.8 Å². The summed E-state index contributed by atoms with van der Waals surface area (Å²) in [7, 11) is 0. The molecule has 0 aliphatic rings. The van der Waals surface area contributed by atoms with Crippen LogP contribution in [-0.4, -0.2) is 24.6 Å². The Hall–Kier alpha value is -3.05. The number of nitrogens with one attached hydrogen (secondary N) is 1. The zero-order valence-corrected chi connectivity index (χ0v) is 19.0. The average molecular weight is 455 g/mol. The predicted octanol–water partition coefficient (Wildman–Crippen LogP) is 8.45. The lowest BCUT2D eigenvalue weighted by molar-refractivity contribution is 0.0819. The second-order valence-corrected chi connectivity index (χ2v) is 8.32. The summed E-state index contributed by atoms with van der Waals surface area (Å²) in [6.45, 7) is -0.00179. The summed E-state index contributed by atoms with van der Waals surface area (Å²) in [5.41, 5.74) is 12.5. The predicted molar refractivity (Wildman–Crippen MR) is 130 cm³/mol. The van der Waals surface area contributed by atoms with Gasteiger partial charge in [0, 0.05) is 33.6 Å². The van der Waals surface area contributed by atoms with Crippen molar-refractivity contribution in [2.45, 2.75) is 64.2 Å². The Morgan fingerprint density at radius 3 is 2.36 bits per heavy atom. The van der Waals surface area contributed by atoms with Crippen molar-refractivity contribution in [3.8, 4) is 17.0 Å². The zero-order valence-electron chi connectivity index (χ0n) is 19.0. The molecule has 7 heteroatoms. The number of halogens is 2. The summed E-state index contributed by atoms with van der Waals surface area (Å²) in [4.78, 5) is 6.23. The molecule has 1 heterocycles. The van der Waals surface area contributed by atoms with Crippen LogP contribution in [-0.2, 0) is 6.42 Å². The fourth-order valence-electron chi connectivity index (χ4n) is 4.10. The molecule has 0 fully saturated rings. The summed E-state index contributed by atoms with van der Waals surface area (Å²) in [5.74, 6) is 0.466. The number of aromatic amines is 1. The molecule has 0 amide bonds. The van der Waals surface area contributed by atoms with Gasteiger partial charge in [0.2, 0.25) is 0 Å². The number of hydrogen-bond donors (Lipinski definition) is 1. The lowest BCUT2D eigenvalue weighted by atomic mass is 9.98. The van der Waals surface area contributed by atoms with Crippen LogP contribution in [0, 0.1) is 0 Å². The molecule has 176 valence electrons. The van der Waals surface area contributed by atoms with E-state index in [0.29, 0.717) is 12.3 Å². The van der Waals surface area contributed by atoms with E-state index in [1.165, 1.54) is 31.2 Å². The van der Waals surface area contributed by atoms with Gasteiger partial charge in [-0.2, -0.15) is 0 Å². The summed E-state index contributed by atoms with van der Waals surface area (Å²) >= 11 is 0. The minimum Gasteiger partial charge on any atom is -0.488 e. The molecule has 0 atom stereocenters. The van der Waals surface area contributed by atoms with Gasteiger partial charge < -0.3 is 9.72 Å². The summed E-state index contributed by atoms with van der Waals surface area (Å²) < 4.78 is 30.5. The van der Waals surface area contributed by atoms with E-state index in [2.05, 4.69) is 27.1 Å². The maximum absolute atomic E-state index is 12.6. The van der Waals surface area contributed by atoms with E-state index in [-0.39, 0.29) is 0 Å². The third-order valence-electron chi connectivity index (χ3n) is 5.79. The van der Waals surface area contributed by atoms with Crippen LogP contribution in [0.25, 0.3) is 32.6 Å². The number of alkyl halides is 2. The Kier molecular flexibility index (Phi) is 10.0. The molecule has 0 bridgehead atoms. The SMILES string of the molecule is [N-]=[N+]=NCCCCCCCCCCc1ccc(OCC(F)F)cc1-c1cc2ccccc2[nH]1. The maximum Gasteiger partial charge on any atom is 0.272 e. The first kappa shape index (κ1) is 24.6. The van der Waals surface area contributed by atoms with E-state index in [4.69, 9.17) is 10.3 Å². The number of ether oxygens (including phenoxy) is 1. The highest BCUT2D eigenvalue weighted by Crippen LogP contribution is 2.31. The molecule has 0 unspecified atom stereocenters. The van der Waals surface area contributed by atoms with Gasteiger partial charge >= 0.3 is 0 Å².